The van der Waals surface area contributed by atoms with Crippen LogP contribution in [0.3, 0.4) is 0 Å². The molecule has 2 nitrogen and oxygen atoms in total. The van der Waals surface area contributed by atoms with E-state index < -0.39 is 0 Å². The second kappa shape index (κ2) is 9.22. The van der Waals surface area contributed by atoms with Crippen LogP contribution in [0.5, 0.6) is 0 Å². The fourth-order valence-electron chi connectivity index (χ4n) is 7.31. The van der Waals surface area contributed by atoms with Gasteiger partial charge in [-0.05, 0) is 72.5 Å². The summed E-state index contributed by atoms with van der Waals surface area (Å²) in [7, 11) is 0. The van der Waals surface area contributed by atoms with E-state index in [1.54, 1.807) is 0 Å². The van der Waals surface area contributed by atoms with E-state index in [2.05, 4.69) is 143 Å². The van der Waals surface area contributed by atoms with Crippen molar-refractivity contribution >= 4 is 55.3 Å². The number of benzene rings is 5. The van der Waals surface area contributed by atoms with Crippen LogP contribution in [0.4, 0.5) is 0 Å². The Hall–Kier alpha value is -5.08. The fourth-order valence-corrected chi connectivity index (χ4v) is 7.31. The van der Waals surface area contributed by atoms with E-state index in [1.807, 2.05) is 0 Å². The average Bonchev–Trinajstić information content (AvgIpc) is 3.57. The van der Waals surface area contributed by atoms with Crippen molar-refractivity contribution in [3.8, 4) is 16.8 Å². The molecule has 0 amide bonds. The molecule has 2 heterocycles. The summed E-state index contributed by atoms with van der Waals surface area (Å²) in [6.45, 7) is 0. The molecular formula is C40H30N2. The largest absolute Gasteiger partial charge is 0.313 e. The second-order valence-corrected chi connectivity index (χ2v) is 11.6. The lowest BCUT2D eigenvalue weighted by atomic mass is 9.99. The van der Waals surface area contributed by atoms with Gasteiger partial charge in [-0.25, -0.2) is 0 Å². The zero-order valence-electron chi connectivity index (χ0n) is 23.4. The molecule has 2 aliphatic rings. The van der Waals surface area contributed by atoms with E-state index in [0.29, 0.717) is 0 Å². The first-order valence-corrected chi connectivity index (χ1v) is 15.1. The van der Waals surface area contributed by atoms with Crippen LogP contribution in [0, 0.1) is 0 Å². The molecule has 0 saturated carbocycles. The maximum atomic E-state index is 2.54. The van der Waals surface area contributed by atoms with Gasteiger partial charge >= 0.3 is 0 Å². The van der Waals surface area contributed by atoms with E-state index in [9.17, 15) is 0 Å². The number of fused-ring (bicyclic) bond motifs is 7. The zero-order chi connectivity index (χ0) is 27.6. The number of nitrogens with zero attached hydrogens (tertiary/aromatic N) is 2. The first-order chi connectivity index (χ1) is 20.8. The second-order valence-electron chi connectivity index (χ2n) is 11.6. The minimum Gasteiger partial charge on any atom is -0.313 e. The number of hydrogen-bond acceptors (Lipinski definition) is 0. The molecule has 2 aromatic heterocycles. The molecule has 42 heavy (non-hydrogen) atoms. The van der Waals surface area contributed by atoms with Gasteiger partial charge in [-0.3, -0.25) is 0 Å². The van der Waals surface area contributed by atoms with Crippen LogP contribution in [-0.2, 0) is 6.42 Å². The Kier molecular flexibility index (Phi) is 5.18. The SMILES string of the molecule is C1=CCCC(n2c3ccccc3c3ccc(-c4ccc5c6c(n(-c7cccc8ccccc78)c5c4)CCC=C6)cc32)=C1. The highest BCUT2D eigenvalue weighted by Crippen LogP contribution is 2.40. The fraction of sp³-hybridized carbons (Fsp3) is 0.100. The lowest BCUT2D eigenvalue weighted by Gasteiger charge is -2.16. The number of rotatable bonds is 3. The van der Waals surface area contributed by atoms with Gasteiger partial charge in [-0.15, -0.1) is 0 Å². The Bertz CT molecular complexity index is 2290. The van der Waals surface area contributed by atoms with Crippen LogP contribution in [0.25, 0.3) is 72.1 Å². The number of aromatic nitrogens is 2. The van der Waals surface area contributed by atoms with Crippen LogP contribution in [0.2, 0.25) is 0 Å². The molecule has 0 unspecified atom stereocenters. The normalized spacial score (nSPS) is 14.7. The molecule has 2 heteroatoms. The summed E-state index contributed by atoms with van der Waals surface area (Å²) < 4.78 is 5.02. The molecular weight excluding hydrogens is 508 g/mol. The third-order valence-corrected chi connectivity index (χ3v) is 9.24. The van der Waals surface area contributed by atoms with E-state index in [0.717, 1.165) is 25.7 Å². The third kappa shape index (κ3) is 3.45. The van der Waals surface area contributed by atoms with Gasteiger partial charge in [-0.1, -0.05) is 103 Å². The van der Waals surface area contributed by atoms with Gasteiger partial charge in [0.15, 0.2) is 0 Å². The Morgan fingerprint density at radius 3 is 2.10 bits per heavy atom. The Balaban J connectivity index is 1.30. The van der Waals surface area contributed by atoms with E-state index in [4.69, 9.17) is 0 Å². The molecule has 0 spiro atoms. The standard InChI is InChI=1S/C40H30N2/c1-2-13-30(14-3-1)41-37-18-8-6-16-32(37)34-23-21-28(25-39(34)41)29-22-24-35-33-17-7-9-19-38(33)42(40(35)26-29)36-20-10-12-27-11-4-5-15-31(27)36/h1-2,4-8,10-13,15-18,20-26H,3,9,14,19H2. The van der Waals surface area contributed by atoms with Gasteiger partial charge in [0, 0.05) is 38.5 Å². The summed E-state index contributed by atoms with van der Waals surface area (Å²) >= 11 is 0. The minimum atomic E-state index is 1.05. The summed E-state index contributed by atoms with van der Waals surface area (Å²) in [5.41, 5.74) is 11.7. The molecule has 0 aliphatic heterocycles. The summed E-state index contributed by atoms with van der Waals surface area (Å²) in [5.74, 6) is 0. The van der Waals surface area contributed by atoms with Crippen molar-refractivity contribution in [3.63, 3.8) is 0 Å². The highest BCUT2D eigenvalue weighted by Gasteiger charge is 2.21. The molecule has 0 bridgehead atoms. The van der Waals surface area contributed by atoms with Crippen LogP contribution in [0.1, 0.15) is 30.5 Å². The Labute approximate surface area is 245 Å². The molecule has 9 rings (SSSR count). The molecule has 7 aromatic rings. The monoisotopic (exact) mass is 538 g/mol. The predicted molar refractivity (Wildman–Crippen MR) is 179 cm³/mol. The van der Waals surface area contributed by atoms with Gasteiger partial charge in [0.25, 0.3) is 0 Å². The van der Waals surface area contributed by atoms with E-state index in [-0.39, 0.29) is 0 Å². The quantitative estimate of drug-likeness (QED) is 0.212. The van der Waals surface area contributed by atoms with Gasteiger partial charge in [0.05, 0.1) is 22.2 Å². The van der Waals surface area contributed by atoms with Gasteiger partial charge < -0.3 is 9.13 Å². The summed E-state index contributed by atoms with van der Waals surface area (Å²) in [4.78, 5) is 0. The molecule has 5 aromatic carbocycles. The van der Waals surface area contributed by atoms with Crippen LogP contribution < -0.4 is 0 Å². The molecule has 200 valence electrons. The van der Waals surface area contributed by atoms with Crippen molar-refractivity contribution in [1.29, 1.82) is 0 Å². The smallest absolute Gasteiger partial charge is 0.0544 e. The summed E-state index contributed by atoms with van der Waals surface area (Å²) in [5, 5.41) is 6.52. The Morgan fingerprint density at radius 2 is 1.24 bits per heavy atom. The number of hydrogen-bond donors (Lipinski definition) is 0. The van der Waals surface area contributed by atoms with E-state index in [1.165, 1.54) is 77.2 Å². The predicted octanol–water partition coefficient (Wildman–Crippen LogP) is 10.7. The summed E-state index contributed by atoms with van der Waals surface area (Å²) in [6.07, 6.45) is 15.7. The lowest BCUT2D eigenvalue weighted by Crippen LogP contribution is -2.03. The Morgan fingerprint density at radius 1 is 0.524 bits per heavy atom. The molecule has 0 N–H and O–H groups in total. The highest BCUT2D eigenvalue weighted by atomic mass is 15.0. The zero-order valence-corrected chi connectivity index (χ0v) is 23.4. The topological polar surface area (TPSA) is 9.86 Å². The van der Waals surface area contributed by atoms with Crippen LogP contribution in [0.15, 0.2) is 127 Å². The summed E-state index contributed by atoms with van der Waals surface area (Å²) in [6, 6.07) is 38.4. The maximum absolute atomic E-state index is 2.54. The van der Waals surface area contributed by atoms with Gasteiger partial charge in [-0.2, -0.15) is 0 Å². The highest BCUT2D eigenvalue weighted by molar-refractivity contribution is 6.11. The molecule has 0 fully saturated rings. The maximum Gasteiger partial charge on any atom is 0.0544 e. The molecule has 0 radical (unpaired) electrons. The van der Waals surface area contributed by atoms with Crippen LogP contribution >= 0.6 is 0 Å². The molecule has 0 atom stereocenters. The average molecular weight is 539 g/mol. The number of para-hydroxylation sites is 1. The van der Waals surface area contributed by atoms with Crippen molar-refractivity contribution in [1.82, 2.24) is 9.13 Å². The van der Waals surface area contributed by atoms with Crippen molar-refractivity contribution in [2.45, 2.75) is 25.7 Å². The van der Waals surface area contributed by atoms with Crippen molar-refractivity contribution in [3.05, 3.63) is 139 Å². The third-order valence-electron chi connectivity index (χ3n) is 9.24. The van der Waals surface area contributed by atoms with Crippen molar-refractivity contribution < 1.29 is 0 Å². The van der Waals surface area contributed by atoms with Crippen molar-refractivity contribution in [2.75, 3.05) is 0 Å². The van der Waals surface area contributed by atoms with Crippen LogP contribution in [-0.4, -0.2) is 9.13 Å². The van der Waals surface area contributed by atoms with E-state index >= 15 is 0 Å². The van der Waals surface area contributed by atoms with Gasteiger partial charge in [0.2, 0.25) is 0 Å². The van der Waals surface area contributed by atoms with Crippen molar-refractivity contribution in [2.24, 2.45) is 0 Å². The molecule has 2 aliphatic carbocycles. The number of allylic oxidation sites excluding steroid dienone is 5. The first-order valence-electron chi connectivity index (χ1n) is 15.1. The van der Waals surface area contributed by atoms with Gasteiger partial charge in [0.1, 0.15) is 0 Å². The first kappa shape index (κ1) is 23.6. The minimum absolute atomic E-state index is 1.05. The lowest BCUT2D eigenvalue weighted by molar-refractivity contribution is 0.892. The molecule has 0 saturated heterocycles.